The summed E-state index contributed by atoms with van der Waals surface area (Å²) >= 11 is 5.78. The van der Waals surface area contributed by atoms with Crippen LogP contribution in [0.5, 0.6) is 0 Å². The van der Waals surface area contributed by atoms with Crippen molar-refractivity contribution < 1.29 is 19.1 Å². The smallest absolute Gasteiger partial charge is 0.326 e. The van der Waals surface area contributed by atoms with Crippen LogP contribution in [0.1, 0.15) is 49.0 Å². The summed E-state index contributed by atoms with van der Waals surface area (Å²) < 4.78 is 5.13. The molecule has 0 unspecified atom stereocenters. The lowest BCUT2D eigenvalue weighted by Gasteiger charge is -2.18. The molecule has 154 valence electrons. The fraction of sp³-hybridized carbons (Fsp3) is 0.318. The monoisotopic (exact) mass is 416 g/mol. The molecule has 2 N–H and O–H groups in total. The van der Waals surface area contributed by atoms with Gasteiger partial charge in [-0.15, -0.1) is 0 Å². The molecule has 29 heavy (non-hydrogen) atoms. The van der Waals surface area contributed by atoms with Crippen molar-refractivity contribution in [3.05, 3.63) is 64.7 Å². The first-order chi connectivity index (χ1) is 13.8. The molecule has 0 heterocycles. The van der Waals surface area contributed by atoms with Crippen molar-refractivity contribution in [2.24, 2.45) is 0 Å². The van der Waals surface area contributed by atoms with E-state index in [1.807, 2.05) is 24.3 Å². The lowest BCUT2D eigenvalue weighted by atomic mass is 9.97. The van der Waals surface area contributed by atoms with Gasteiger partial charge in [-0.05, 0) is 55.2 Å². The van der Waals surface area contributed by atoms with Gasteiger partial charge in [0.2, 0.25) is 0 Å². The van der Waals surface area contributed by atoms with Gasteiger partial charge >= 0.3 is 5.97 Å². The Hall–Kier alpha value is -2.86. The van der Waals surface area contributed by atoms with Crippen LogP contribution in [-0.2, 0) is 14.3 Å². The minimum Gasteiger partial charge on any atom is -0.451 e. The molecule has 0 radical (unpaired) electrons. The van der Waals surface area contributed by atoms with E-state index in [-0.39, 0.29) is 12.5 Å². The number of esters is 1. The molecule has 0 spiro atoms. The number of nitrogens with one attached hydrogen (secondary N) is 2. The van der Waals surface area contributed by atoms with Crippen LogP contribution in [0.15, 0.2) is 48.5 Å². The van der Waals surface area contributed by atoms with Crippen LogP contribution in [0, 0.1) is 0 Å². The molecule has 0 saturated heterocycles. The maximum Gasteiger partial charge on any atom is 0.326 e. The third-order valence-corrected chi connectivity index (χ3v) is 4.79. The lowest BCUT2D eigenvalue weighted by molar-refractivity contribution is -0.152. The highest BCUT2D eigenvalue weighted by Gasteiger charge is 2.20. The fourth-order valence-electron chi connectivity index (χ4n) is 2.64. The largest absolute Gasteiger partial charge is 0.451 e. The zero-order chi connectivity index (χ0) is 21.4. The standard InChI is InChI=1S/C22H25ClN2O4/c1-4-14(2)18-7-5-6-8-19(18)25-21(27)15(3)29-20(26)13-24-22(28)16-9-11-17(23)12-10-16/h5-12,14-15H,4,13H2,1-3H3,(H,24,28)(H,25,27)/t14-,15-/m1/s1. The molecule has 0 aliphatic carbocycles. The highest BCUT2D eigenvalue weighted by atomic mass is 35.5. The minimum atomic E-state index is -1.00. The van der Waals surface area contributed by atoms with Gasteiger partial charge in [0.05, 0.1) is 0 Å². The van der Waals surface area contributed by atoms with Gasteiger partial charge in [-0.25, -0.2) is 0 Å². The van der Waals surface area contributed by atoms with E-state index >= 15 is 0 Å². The molecule has 0 aliphatic heterocycles. The van der Waals surface area contributed by atoms with Gasteiger partial charge in [0.25, 0.3) is 11.8 Å². The number of anilines is 1. The van der Waals surface area contributed by atoms with E-state index in [1.165, 1.54) is 6.92 Å². The van der Waals surface area contributed by atoms with E-state index in [9.17, 15) is 14.4 Å². The third-order valence-electron chi connectivity index (χ3n) is 4.54. The van der Waals surface area contributed by atoms with Crippen molar-refractivity contribution in [1.29, 1.82) is 0 Å². The van der Waals surface area contributed by atoms with E-state index in [4.69, 9.17) is 16.3 Å². The zero-order valence-electron chi connectivity index (χ0n) is 16.7. The number of carbonyl (C=O) groups excluding carboxylic acids is 3. The van der Waals surface area contributed by atoms with Crippen molar-refractivity contribution in [2.45, 2.75) is 39.2 Å². The Balaban J connectivity index is 1.87. The van der Waals surface area contributed by atoms with Crippen molar-refractivity contribution in [3.8, 4) is 0 Å². The molecule has 2 rings (SSSR count). The number of benzene rings is 2. The Morgan fingerprint density at radius 3 is 2.34 bits per heavy atom. The molecule has 6 nitrogen and oxygen atoms in total. The van der Waals surface area contributed by atoms with Crippen molar-refractivity contribution in [1.82, 2.24) is 5.32 Å². The van der Waals surface area contributed by atoms with E-state index in [0.29, 0.717) is 16.3 Å². The van der Waals surface area contributed by atoms with Crippen molar-refractivity contribution in [2.75, 3.05) is 11.9 Å². The van der Waals surface area contributed by atoms with Gasteiger partial charge in [-0.3, -0.25) is 14.4 Å². The third kappa shape index (κ3) is 6.61. The quantitative estimate of drug-likeness (QED) is 0.633. The second kappa shape index (κ2) is 10.6. The molecular weight excluding hydrogens is 392 g/mol. The molecule has 0 bridgehead atoms. The Kier molecular flexibility index (Phi) is 8.21. The summed E-state index contributed by atoms with van der Waals surface area (Å²) in [5.41, 5.74) is 2.09. The number of rotatable bonds is 8. The maximum atomic E-state index is 12.4. The highest BCUT2D eigenvalue weighted by molar-refractivity contribution is 6.30. The van der Waals surface area contributed by atoms with Gasteiger partial charge in [-0.2, -0.15) is 0 Å². The SMILES string of the molecule is CC[C@@H](C)c1ccccc1NC(=O)[C@@H](C)OC(=O)CNC(=O)c1ccc(Cl)cc1. The summed E-state index contributed by atoms with van der Waals surface area (Å²) in [7, 11) is 0. The van der Waals surface area contributed by atoms with Crippen LogP contribution in [0.4, 0.5) is 5.69 Å². The normalized spacial score (nSPS) is 12.6. The first-order valence-corrected chi connectivity index (χ1v) is 9.82. The number of hydrogen-bond donors (Lipinski definition) is 2. The summed E-state index contributed by atoms with van der Waals surface area (Å²) in [6.45, 7) is 5.30. The molecule has 0 aromatic heterocycles. The predicted molar refractivity (Wildman–Crippen MR) is 113 cm³/mol. The first-order valence-electron chi connectivity index (χ1n) is 9.44. The molecule has 0 fully saturated rings. The minimum absolute atomic E-state index is 0.285. The summed E-state index contributed by atoms with van der Waals surface area (Å²) in [6, 6.07) is 13.8. The first kappa shape index (κ1) is 22.4. The summed E-state index contributed by atoms with van der Waals surface area (Å²) in [4.78, 5) is 36.4. The average Bonchev–Trinajstić information content (AvgIpc) is 2.72. The number of halogens is 1. The van der Waals surface area contributed by atoms with Gasteiger partial charge < -0.3 is 15.4 Å². The molecule has 0 aliphatic rings. The summed E-state index contributed by atoms with van der Waals surface area (Å²) in [5, 5.41) is 5.78. The summed E-state index contributed by atoms with van der Waals surface area (Å²) in [5.74, 6) is -1.28. The van der Waals surface area contributed by atoms with E-state index in [0.717, 1.165) is 12.0 Å². The molecule has 7 heteroatoms. The molecule has 2 atom stereocenters. The fourth-order valence-corrected chi connectivity index (χ4v) is 2.77. The van der Waals surface area contributed by atoms with Crippen LogP contribution in [0.2, 0.25) is 5.02 Å². The van der Waals surface area contributed by atoms with E-state index in [2.05, 4.69) is 24.5 Å². The van der Waals surface area contributed by atoms with Crippen LogP contribution in [0.3, 0.4) is 0 Å². The van der Waals surface area contributed by atoms with E-state index in [1.54, 1.807) is 24.3 Å². The second-order valence-electron chi connectivity index (χ2n) is 6.71. The van der Waals surface area contributed by atoms with Gasteiger partial charge in [0, 0.05) is 16.3 Å². The molecule has 0 saturated carbocycles. The van der Waals surface area contributed by atoms with Crippen LogP contribution in [0.25, 0.3) is 0 Å². The molecular formula is C22H25ClN2O4. The van der Waals surface area contributed by atoms with Crippen LogP contribution < -0.4 is 10.6 Å². The van der Waals surface area contributed by atoms with Crippen molar-refractivity contribution in [3.63, 3.8) is 0 Å². The molecule has 2 aromatic rings. The van der Waals surface area contributed by atoms with E-state index < -0.39 is 23.9 Å². The molecule has 2 amide bonds. The number of para-hydroxylation sites is 1. The van der Waals surface area contributed by atoms with Gasteiger partial charge in [0.15, 0.2) is 6.10 Å². The topological polar surface area (TPSA) is 84.5 Å². The summed E-state index contributed by atoms with van der Waals surface area (Å²) in [6.07, 6.45) is -0.0648. The van der Waals surface area contributed by atoms with Gasteiger partial charge in [-0.1, -0.05) is 43.6 Å². The Labute approximate surface area is 175 Å². The number of carbonyl (C=O) groups is 3. The average molecular weight is 417 g/mol. The Morgan fingerprint density at radius 1 is 1.03 bits per heavy atom. The Bertz CT molecular complexity index is 867. The highest BCUT2D eigenvalue weighted by Crippen LogP contribution is 2.26. The number of hydrogen-bond acceptors (Lipinski definition) is 4. The number of ether oxygens (including phenoxy) is 1. The van der Waals surface area contributed by atoms with Crippen molar-refractivity contribution >= 4 is 35.1 Å². The zero-order valence-corrected chi connectivity index (χ0v) is 17.5. The second-order valence-corrected chi connectivity index (χ2v) is 7.14. The van der Waals surface area contributed by atoms with Crippen LogP contribution >= 0.6 is 11.6 Å². The maximum absolute atomic E-state index is 12.4. The Morgan fingerprint density at radius 2 is 1.69 bits per heavy atom. The lowest BCUT2D eigenvalue weighted by Crippen LogP contribution is -2.36. The number of amides is 2. The molecule has 2 aromatic carbocycles. The predicted octanol–water partition coefficient (Wildman–Crippen LogP) is 4.15. The van der Waals surface area contributed by atoms with Crippen LogP contribution in [-0.4, -0.2) is 30.4 Å². The van der Waals surface area contributed by atoms with Gasteiger partial charge in [0.1, 0.15) is 6.54 Å².